The minimum atomic E-state index is -3.76. The van der Waals surface area contributed by atoms with Crippen molar-refractivity contribution < 1.29 is 31.8 Å². The molecule has 0 aliphatic rings. The van der Waals surface area contributed by atoms with E-state index in [4.69, 9.17) is 10.8 Å². The quantitative estimate of drug-likeness (QED) is 0.126. The standard InChI is InChI=1S/C26H22N4O4S.C26H23N3O3S/c1-16-6-7-17(2)30(16)35(33,34)22-11-9-20(10-12-22)29-24-15-19(18-4-3-5-21(31)14-18)8-13-23(24)25(28-29)26(27)32;1-17-7-8-18(2)29(17)33(31,32)24-12-10-22(11-13-24)28-26-16-21(9-14-25(26)19(3)27-28)20-5-4-6-23(30)15-20/h3-15,31H,1-2H3,(H2,27,32);4-16,30H,1-3H3. The first-order valence-corrected chi connectivity index (χ1v) is 24.2. The summed E-state index contributed by atoms with van der Waals surface area (Å²) >= 11 is 0. The number of primary amides is 1. The number of nitrogens with zero attached hydrogens (tertiary/aromatic N) is 6. The minimum absolute atomic E-state index is 0.109. The van der Waals surface area contributed by atoms with Gasteiger partial charge in [0.1, 0.15) is 11.5 Å². The molecule has 0 atom stereocenters. The number of aryl methyl sites for hydroxylation is 5. The molecule has 0 saturated heterocycles. The van der Waals surface area contributed by atoms with Crippen LogP contribution in [0.3, 0.4) is 0 Å². The summed E-state index contributed by atoms with van der Waals surface area (Å²) < 4.78 is 58.7. The van der Waals surface area contributed by atoms with Crippen LogP contribution in [0.2, 0.25) is 0 Å². The molecule has 16 heteroatoms. The third-order valence-electron chi connectivity index (χ3n) is 11.8. The largest absolute Gasteiger partial charge is 0.508 e. The molecule has 0 spiro atoms. The Morgan fingerprint density at radius 2 is 0.853 bits per heavy atom. The molecule has 0 fully saturated rings. The first kappa shape index (κ1) is 45.0. The minimum Gasteiger partial charge on any atom is -0.508 e. The number of amides is 1. The van der Waals surface area contributed by atoms with E-state index in [-0.39, 0.29) is 27.0 Å². The normalized spacial score (nSPS) is 11.8. The van der Waals surface area contributed by atoms with E-state index < -0.39 is 26.0 Å². The van der Waals surface area contributed by atoms with Crippen molar-refractivity contribution >= 4 is 47.8 Å². The fourth-order valence-electron chi connectivity index (χ4n) is 8.49. The SMILES string of the molecule is Cc1ccc(C)n1S(=O)(=O)c1ccc(-n2nc(C(N)=O)c3ccc(-c4cccc(O)c4)cc32)cc1.Cc1nn(-c2ccc(S(=O)(=O)n3c(C)ccc3C)cc2)c2cc(-c3cccc(O)c3)ccc12. The van der Waals surface area contributed by atoms with Gasteiger partial charge >= 0.3 is 0 Å². The molecule has 10 aromatic rings. The van der Waals surface area contributed by atoms with Crippen LogP contribution in [0, 0.1) is 34.6 Å². The second kappa shape index (κ2) is 17.2. The van der Waals surface area contributed by atoms with Crippen LogP contribution in [-0.4, -0.2) is 60.5 Å². The maximum Gasteiger partial charge on any atom is 0.269 e. The zero-order chi connectivity index (χ0) is 48.2. The first-order valence-electron chi connectivity index (χ1n) is 21.3. The van der Waals surface area contributed by atoms with E-state index in [2.05, 4.69) is 5.10 Å². The van der Waals surface area contributed by atoms with Crippen LogP contribution < -0.4 is 5.73 Å². The second-order valence-electron chi connectivity index (χ2n) is 16.4. The first-order chi connectivity index (χ1) is 32.4. The Kier molecular flexibility index (Phi) is 11.4. The van der Waals surface area contributed by atoms with Crippen LogP contribution in [0.15, 0.2) is 168 Å². The van der Waals surface area contributed by atoms with E-state index >= 15 is 0 Å². The number of hydrogen-bond acceptors (Lipinski definition) is 9. The molecule has 4 heterocycles. The number of benzene rings is 6. The molecule has 0 unspecified atom stereocenters. The lowest BCUT2D eigenvalue weighted by atomic mass is 10.0. The molecule has 0 saturated carbocycles. The molecule has 14 nitrogen and oxygen atoms in total. The second-order valence-corrected chi connectivity index (χ2v) is 20.0. The Balaban J connectivity index is 0.000000170. The highest BCUT2D eigenvalue weighted by Crippen LogP contribution is 2.32. The number of hydrogen-bond donors (Lipinski definition) is 3. The zero-order valence-corrected chi connectivity index (χ0v) is 39.2. The molecular weight excluding hydrogens is 899 g/mol. The Labute approximate surface area is 392 Å². The molecule has 0 aliphatic heterocycles. The number of phenolic OH excluding ortho intramolecular Hbond substituents is 2. The third-order valence-corrected chi connectivity index (χ3v) is 15.6. The van der Waals surface area contributed by atoms with Crippen molar-refractivity contribution in [3.05, 3.63) is 192 Å². The smallest absolute Gasteiger partial charge is 0.269 e. The van der Waals surface area contributed by atoms with Crippen molar-refractivity contribution in [2.45, 2.75) is 44.4 Å². The predicted octanol–water partition coefficient (Wildman–Crippen LogP) is 9.51. The van der Waals surface area contributed by atoms with Gasteiger partial charge in [-0.1, -0.05) is 42.5 Å². The molecule has 6 aromatic carbocycles. The Morgan fingerprint density at radius 1 is 0.471 bits per heavy atom. The number of aromatic hydroxyl groups is 2. The highest BCUT2D eigenvalue weighted by Gasteiger charge is 2.23. The highest BCUT2D eigenvalue weighted by atomic mass is 32.2. The molecule has 1 amide bonds. The maximum atomic E-state index is 13.2. The van der Waals surface area contributed by atoms with E-state index in [0.717, 1.165) is 44.5 Å². The van der Waals surface area contributed by atoms with Gasteiger partial charge in [-0.2, -0.15) is 10.2 Å². The third kappa shape index (κ3) is 8.09. The van der Waals surface area contributed by atoms with Crippen LogP contribution in [0.25, 0.3) is 55.4 Å². The van der Waals surface area contributed by atoms with Gasteiger partial charge in [-0.3, -0.25) is 4.79 Å². The van der Waals surface area contributed by atoms with Crippen LogP contribution in [0.1, 0.15) is 39.0 Å². The molecule has 4 N–H and O–H groups in total. The lowest BCUT2D eigenvalue weighted by Crippen LogP contribution is -2.15. The van der Waals surface area contributed by atoms with Gasteiger partial charge in [0.25, 0.3) is 26.0 Å². The van der Waals surface area contributed by atoms with Crippen LogP contribution in [0.4, 0.5) is 0 Å². The number of carbonyl (C=O) groups is 1. The van der Waals surface area contributed by atoms with Crippen LogP contribution in [0.5, 0.6) is 11.5 Å². The number of carbonyl (C=O) groups excluding carboxylic acids is 1. The summed E-state index contributed by atoms with van der Waals surface area (Å²) in [5.74, 6) is -0.322. The molecule has 4 aromatic heterocycles. The summed E-state index contributed by atoms with van der Waals surface area (Å²) in [5.41, 5.74) is 15.5. The average molecular weight is 944 g/mol. The van der Waals surface area contributed by atoms with Gasteiger partial charge in [-0.05, 0) is 172 Å². The number of phenols is 2. The summed E-state index contributed by atoms with van der Waals surface area (Å²) in [6, 6.07) is 45.6. The molecule has 0 aliphatic carbocycles. The number of aromatic nitrogens is 6. The van der Waals surface area contributed by atoms with E-state index in [1.165, 1.54) is 20.1 Å². The van der Waals surface area contributed by atoms with Gasteiger partial charge in [0, 0.05) is 33.5 Å². The van der Waals surface area contributed by atoms with E-state index in [0.29, 0.717) is 39.4 Å². The Bertz CT molecular complexity index is 3790. The number of nitrogens with two attached hydrogens (primary N) is 1. The molecule has 10 rings (SSSR count). The predicted molar refractivity (Wildman–Crippen MR) is 263 cm³/mol. The Hall–Kier alpha value is -8.21. The van der Waals surface area contributed by atoms with Gasteiger partial charge in [0.15, 0.2) is 5.69 Å². The van der Waals surface area contributed by atoms with E-state index in [1.54, 1.807) is 129 Å². The van der Waals surface area contributed by atoms with Gasteiger partial charge in [-0.15, -0.1) is 0 Å². The lowest BCUT2D eigenvalue weighted by molar-refractivity contribution is 0.0996. The van der Waals surface area contributed by atoms with Crippen LogP contribution >= 0.6 is 0 Å². The average Bonchev–Trinajstić information content (AvgIpc) is 4.08. The summed E-state index contributed by atoms with van der Waals surface area (Å²) in [5, 5.41) is 30.4. The maximum absolute atomic E-state index is 13.2. The Morgan fingerprint density at radius 3 is 1.26 bits per heavy atom. The summed E-state index contributed by atoms with van der Waals surface area (Å²) in [6.45, 7) is 8.99. The van der Waals surface area contributed by atoms with Crippen molar-refractivity contribution in [3.63, 3.8) is 0 Å². The highest BCUT2D eigenvalue weighted by molar-refractivity contribution is 7.90. The summed E-state index contributed by atoms with van der Waals surface area (Å²) in [7, 11) is -7.44. The van der Waals surface area contributed by atoms with Gasteiger partial charge in [0.2, 0.25) is 0 Å². The molecular formula is C52H45N7O7S2. The van der Waals surface area contributed by atoms with E-state index in [9.17, 15) is 31.8 Å². The summed E-state index contributed by atoms with van der Waals surface area (Å²) in [4.78, 5) is 12.4. The molecule has 68 heavy (non-hydrogen) atoms. The molecule has 0 radical (unpaired) electrons. The van der Waals surface area contributed by atoms with Gasteiger partial charge < -0.3 is 15.9 Å². The molecule has 342 valence electrons. The fraction of sp³-hybridized carbons (Fsp3) is 0.0962. The topological polar surface area (TPSA) is 197 Å². The molecule has 0 bridgehead atoms. The van der Waals surface area contributed by atoms with Crippen molar-refractivity contribution in [3.8, 4) is 45.1 Å². The number of rotatable bonds is 9. The van der Waals surface area contributed by atoms with Crippen molar-refractivity contribution in [2.24, 2.45) is 5.73 Å². The number of fused-ring (bicyclic) bond motifs is 2. The summed E-state index contributed by atoms with van der Waals surface area (Å²) in [6.07, 6.45) is 0. The van der Waals surface area contributed by atoms with Gasteiger partial charge in [0.05, 0.1) is 37.9 Å². The van der Waals surface area contributed by atoms with Crippen LogP contribution in [-0.2, 0) is 20.0 Å². The van der Waals surface area contributed by atoms with E-state index in [1.807, 2.05) is 60.1 Å². The van der Waals surface area contributed by atoms with Crippen molar-refractivity contribution in [1.82, 2.24) is 27.5 Å². The zero-order valence-electron chi connectivity index (χ0n) is 37.5. The fourth-order valence-corrected chi connectivity index (χ4v) is 11.6. The van der Waals surface area contributed by atoms with Gasteiger partial charge in [-0.25, -0.2) is 34.1 Å². The van der Waals surface area contributed by atoms with Crippen molar-refractivity contribution in [1.29, 1.82) is 0 Å². The monoisotopic (exact) mass is 943 g/mol. The lowest BCUT2D eigenvalue weighted by Gasteiger charge is -2.12. The van der Waals surface area contributed by atoms with Crippen molar-refractivity contribution in [2.75, 3.05) is 0 Å².